The van der Waals surface area contributed by atoms with E-state index in [0.717, 1.165) is 12.8 Å². The molecule has 33 heavy (non-hydrogen) atoms. The van der Waals surface area contributed by atoms with Gasteiger partial charge in [0.05, 0.1) is 12.1 Å². The van der Waals surface area contributed by atoms with Gasteiger partial charge in [-0.3, -0.25) is 9.89 Å². The topological polar surface area (TPSA) is 103 Å². The summed E-state index contributed by atoms with van der Waals surface area (Å²) >= 11 is 0. The van der Waals surface area contributed by atoms with Crippen molar-refractivity contribution < 1.29 is 27.5 Å². The van der Waals surface area contributed by atoms with Crippen molar-refractivity contribution in [2.24, 2.45) is 11.3 Å². The number of fused-ring (bicyclic) bond motifs is 1. The zero-order valence-electron chi connectivity index (χ0n) is 18.2. The number of rotatable bonds is 3. The number of morpholine rings is 1. The Morgan fingerprint density at radius 2 is 1.97 bits per heavy atom. The van der Waals surface area contributed by atoms with Crippen LogP contribution in [0.15, 0.2) is 0 Å². The number of likely N-dealkylation sites (tertiary alicyclic amines) is 2. The molecular weight excluding hydrogens is 441 g/mol. The lowest BCUT2D eigenvalue weighted by molar-refractivity contribution is -0.162. The fraction of sp³-hybridized carbons (Fsp3) is 0.810. The quantitative estimate of drug-likeness (QED) is 0.698. The van der Waals surface area contributed by atoms with Crippen LogP contribution in [0, 0.1) is 11.3 Å². The lowest BCUT2D eigenvalue weighted by Crippen LogP contribution is -2.68. The third-order valence-corrected chi connectivity index (χ3v) is 8.10. The molecule has 0 unspecified atom stereocenters. The fourth-order valence-electron chi connectivity index (χ4n) is 6.17. The molecule has 3 amide bonds. The molecule has 180 valence electrons. The van der Waals surface area contributed by atoms with E-state index in [0.29, 0.717) is 50.8 Å². The second-order valence-corrected chi connectivity index (χ2v) is 10.6. The van der Waals surface area contributed by atoms with E-state index in [2.05, 4.69) is 20.5 Å². The molecule has 5 aliphatic rings. The van der Waals surface area contributed by atoms with E-state index in [1.165, 1.54) is 0 Å². The monoisotopic (exact) mass is 468 g/mol. The Balaban J connectivity index is 0.979. The third-order valence-electron chi connectivity index (χ3n) is 8.10. The average molecular weight is 468 g/mol. The van der Waals surface area contributed by atoms with Crippen LogP contribution in [0.2, 0.25) is 0 Å². The highest BCUT2D eigenvalue weighted by atomic mass is 19.4. The molecule has 0 aromatic carbocycles. The van der Waals surface area contributed by atoms with E-state index in [1.54, 1.807) is 4.90 Å². The maximum atomic E-state index is 13.3. The van der Waals surface area contributed by atoms with Gasteiger partial charge in [-0.15, -0.1) is 0 Å². The van der Waals surface area contributed by atoms with Crippen LogP contribution >= 0.6 is 0 Å². The van der Waals surface area contributed by atoms with E-state index in [-0.39, 0.29) is 54.8 Å². The number of piperidine rings is 1. The molecular formula is C21H27F3N6O3. The lowest BCUT2D eigenvalue weighted by Gasteiger charge is -2.60. The first-order valence-corrected chi connectivity index (χ1v) is 11.6. The van der Waals surface area contributed by atoms with Crippen LogP contribution in [0.5, 0.6) is 0 Å². The van der Waals surface area contributed by atoms with E-state index >= 15 is 0 Å². The molecule has 4 heterocycles. The largest absolute Gasteiger partial charge is 0.401 e. The zero-order valence-corrected chi connectivity index (χ0v) is 18.2. The normalized spacial score (nSPS) is 30.3. The van der Waals surface area contributed by atoms with Gasteiger partial charge in [0.25, 0.3) is 0 Å². The number of carbonyl (C=O) groups is 2. The Labute approximate surface area is 188 Å². The number of H-pyrrole nitrogens is 1. The Morgan fingerprint density at radius 1 is 1.21 bits per heavy atom. The number of amides is 3. The summed E-state index contributed by atoms with van der Waals surface area (Å²) < 4.78 is 45.4. The number of nitrogens with zero attached hydrogens (tertiary/aromatic N) is 4. The minimum absolute atomic E-state index is 0.00380. The molecule has 0 radical (unpaired) electrons. The van der Waals surface area contributed by atoms with Crippen LogP contribution in [0.4, 0.5) is 18.0 Å². The number of alkyl halides is 3. The van der Waals surface area contributed by atoms with Gasteiger partial charge in [-0.2, -0.15) is 18.3 Å². The van der Waals surface area contributed by atoms with Crippen LogP contribution in [-0.2, 0) is 21.4 Å². The molecule has 1 aromatic rings. The number of halogens is 3. The standard InChI is InChI=1S/C21H27F3N6O3/c22-21(23,24)20(2-3-20)17-26-15(27-28-17)5-12-6-19(7-12)10-30(11-19)18(32)29-4-1-14-13(8-29)25-16(31)9-33-14/h12-14H,1-11H2,(H,25,31)(H,26,27,28)/t13-,14+/m1/s1. The highest BCUT2D eigenvalue weighted by molar-refractivity contribution is 5.79. The predicted molar refractivity (Wildman–Crippen MR) is 107 cm³/mol. The van der Waals surface area contributed by atoms with E-state index in [9.17, 15) is 22.8 Å². The number of nitrogens with one attached hydrogen (secondary N) is 2. The van der Waals surface area contributed by atoms with Crippen molar-refractivity contribution in [3.63, 3.8) is 0 Å². The predicted octanol–water partition coefficient (Wildman–Crippen LogP) is 1.36. The third kappa shape index (κ3) is 3.48. The molecule has 0 bridgehead atoms. The maximum Gasteiger partial charge on any atom is 0.401 e. The van der Waals surface area contributed by atoms with Crippen LogP contribution in [0.3, 0.4) is 0 Å². The SMILES string of the molecule is O=C1CO[C@H]2CCN(C(=O)N3CC4(CC(Cc5nc(C6(C(F)(F)F)CC6)n[nH]5)C4)C3)C[C@H]2N1. The molecule has 1 spiro atoms. The highest BCUT2D eigenvalue weighted by Crippen LogP contribution is 2.58. The summed E-state index contributed by atoms with van der Waals surface area (Å²) in [5, 5.41) is 9.50. The first kappa shape index (κ1) is 21.2. The van der Waals surface area contributed by atoms with Crippen LogP contribution in [-0.4, -0.2) is 88.0 Å². The Bertz CT molecular complexity index is 963. The molecule has 9 nitrogen and oxygen atoms in total. The summed E-state index contributed by atoms with van der Waals surface area (Å²) in [5.41, 5.74) is -1.73. The molecule has 12 heteroatoms. The van der Waals surface area contributed by atoms with E-state index in [1.807, 2.05) is 4.90 Å². The van der Waals surface area contributed by atoms with Gasteiger partial charge >= 0.3 is 12.2 Å². The van der Waals surface area contributed by atoms with Crippen molar-refractivity contribution >= 4 is 11.9 Å². The second kappa shape index (κ2) is 7.07. The van der Waals surface area contributed by atoms with Gasteiger partial charge in [0, 0.05) is 38.0 Å². The molecule has 2 N–H and O–H groups in total. The smallest absolute Gasteiger partial charge is 0.366 e. The molecule has 1 aromatic heterocycles. The van der Waals surface area contributed by atoms with Gasteiger partial charge in [-0.1, -0.05) is 0 Å². The minimum atomic E-state index is -4.31. The van der Waals surface area contributed by atoms with Gasteiger partial charge in [0.1, 0.15) is 17.8 Å². The molecule has 3 aliphatic heterocycles. The number of aromatic nitrogens is 3. The zero-order chi connectivity index (χ0) is 23.0. The molecule has 2 atom stereocenters. The van der Waals surface area contributed by atoms with Crippen LogP contribution < -0.4 is 5.32 Å². The number of aromatic amines is 1. The maximum absolute atomic E-state index is 13.3. The lowest BCUT2D eigenvalue weighted by atomic mass is 9.57. The van der Waals surface area contributed by atoms with Crippen molar-refractivity contribution in [3.8, 4) is 0 Å². The number of carbonyl (C=O) groups excluding carboxylic acids is 2. The molecule has 6 rings (SSSR count). The summed E-state index contributed by atoms with van der Waals surface area (Å²) in [7, 11) is 0. The number of hydrogen-bond acceptors (Lipinski definition) is 5. The minimum Gasteiger partial charge on any atom is -0.366 e. The summed E-state index contributed by atoms with van der Waals surface area (Å²) in [4.78, 5) is 32.3. The van der Waals surface area contributed by atoms with Gasteiger partial charge in [0.15, 0.2) is 5.82 Å². The average Bonchev–Trinajstić information content (AvgIpc) is 3.41. The van der Waals surface area contributed by atoms with Crippen molar-refractivity contribution in [1.29, 1.82) is 0 Å². The van der Waals surface area contributed by atoms with Gasteiger partial charge < -0.3 is 19.9 Å². The summed E-state index contributed by atoms with van der Waals surface area (Å²) in [6.45, 7) is 2.58. The van der Waals surface area contributed by atoms with E-state index < -0.39 is 11.6 Å². The molecule has 3 saturated heterocycles. The second-order valence-electron chi connectivity index (χ2n) is 10.6. The highest BCUT2D eigenvalue weighted by Gasteiger charge is 2.67. The first-order valence-electron chi connectivity index (χ1n) is 11.6. The first-order chi connectivity index (χ1) is 15.7. The molecule has 5 fully saturated rings. The number of hydrogen-bond donors (Lipinski definition) is 2. The number of urea groups is 1. The van der Waals surface area contributed by atoms with Crippen molar-refractivity contribution in [2.75, 3.05) is 32.8 Å². The molecule has 2 aliphatic carbocycles. The Hall–Kier alpha value is -2.37. The van der Waals surface area contributed by atoms with Crippen molar-refractivity contribution in [2.45, 2.75) is 62.3 Å². The van der Waals surface area contributed by atoms with Gasteiger partial charge in [0.2, 0.25) is 5.91 Å². The van der Waals surface area contributed by atoms with Crippen LogP contribution in [0.25, 0.3) is 0 Å². The van der Waals surface area contributed by atoms with Crippen molar-refractivity contribution in [1.82, 2.24) is 30.3 Å². The Morgan fingerprint density at radius 3 is 2.67 bits per heavy atom. The fourth-order valence-corrected chi connectivity index (χ4v) is 6.17. The summed E-state index contributed by atoms with van der Waals surface area (Å²) in [6.07, 6.45) is -1.04. The van der Waals surface area contributed by atoms with E-state index in [4.69, 9.17) is 4.74 Å². The van der Waals surface area contributed by atoms with Gasteiger partial charge in [-0.05, 0) is 38.0 Å². The molecule has 2 saturated carbocycles. The summed E-state index contributed by atoms with van der Waals surface area (Å²) in [5.74, 6) is 0.600. The Kier molecular flexibility index (Phi) is 4.54. The van der Waals surface area contributed by atoms with Crippen LogP contribution in [0.1, 0.15) is 43.8 Å². The van der Waals surface area contributed by atoms with Crippen molar-refractivity contribution in [3.05, 3.63) is 11.6 Å². The summed E-state index contributed by atoms with van der Waals surface area (Å²) in [6, 6.07) is -0.143. The number of ether oxygens (including phenoxy) is 1. The van der Waals surface area contributed by atoms with Gasteiger partial charge in [-0.25, -0.2) is 9.78 Å².